The number of alkyl halides is 3. The third kappa shape index (κ3) is 4.49. The highest BCUT2D eigenvalue weighted by molar-refractivity contribution is 5.92. The van der Waals surface area contributed by atoms with Crippen LogP contribution in [-0.4, -0.2) is 42.1 Å². The summed E-state index contributed by atoms with van der Waals surface area (Å²) in [6, 6.07) is 7.74. The van der Waals surface area contributed by atoms with Gasteiger partial charge in [0.1, 0.15) is 5.65 Å². The molecule has 0 spiro atoms. The van der Waals surface area contributed by atoms with E-state index < -0.39 is 11.7 Å². The van der Waals surface area contributed by atoms with Crippen LogP contribution >= 0.6 is 0 Å². The summed E-state index contributed by atoms with van der Waals surface area (Å²) in [6.07, 6.45) is 6.34. The standard InChI is InChI=1S/C29H31F3N6/c1-18(2)26-23-12-21(20-6-9-37(10-7-20)16-19-14-34-36(3)15-19)4-5-25(23)35-27(26)22-13-24(29(30,31)32)28-33-8-11-38(28)17-22/h4-5,8,11-15,17-18,20,35H,6-7,9-10,16H2,1-3H3. The van der Waals surface area contributed by atoms with Crippen molar-refractivity contribution in [3.8, 4) is 11.3 Å². The number of likely N-dealkylation sites (tertiary alicyclic amines) is 1. The lowest BCUT2D eigenvalue weighted by atomic mass is 9.87. The Hall–Kier alpha value is -3.59. The van der Waals surface area contributed by atoms with Crippen molar-refractivity contribution in [2.45, 2.75) is 51.2 Å². The number of aromatic nitrogens is 5. The van der Waals surface area contributed by atoms with Gasteiger partial charge < -0.3 is 9.38 Å². The Morgan fingerprint density at radius 2 is 1.89 bits per heavy atom. The van der Waals surface area contributed by atoms with Gasteiger partial charge >= 0.3 is 6.18 Å². The molecule has 6 rings (SSSR count). The van der Waals surface area contributed by atoms with E-state index in [1.165, 1.54) is 27.8 Å². The summed E-state index contributed by atoms with van der Waals surface area (Å²) in [5.74, 6) is 0.588. The molecule has 1 saturated heterocycles. The summed E-state index contributed by atoms with van der Waals surface area (Å²) in [6.45, 7) is 7.15. The van der Waals surface area contributed by atoms with Crippen LogP contribution < -0.4 is 0 Å². The lowest BCUT2D eigenvalue weighted by Gasteiger charge is -2.32. The Morgan fingerprint density at radius 3 is 2.58 bits per heavy atom. The van der Waals surface area contributed by atoms with Crippen LogP contribution in [0.1, 0.15) is 60.8 Å². The zero-order valence-corrected chi connectivity index (χ0v) is 21.8. The summed E-state index contributed by atoms with van der Waals surface area (Å²) in [7, 11) is 1.94. The molecule has 0 amide bonds. The van der Waals surface area contributed by atoms with Gasteiger partial charge in [0.2, 0.25) is 0 Å². The van der Waals surface area contributed by atoms with E-state index in [9.17, 15) is 13.2 Å². The number of aryl methyl sites for hydroxylation is 1. The van der Waals surface area contributed by atoms with Crippen LogP contribution in [-0.2, 0) is 19.8 Å². The van der Waals surface area contributed by atoms with E-state index in [2.05, 4.69) is 58.2 Å². The van der Waals surface area contributed by atoms with E-state index >= 15 is 0 Å². The topological polar surface area (TPSA) is 54.2 Å². The molecule has 5 aromatic rings. The zero-order chi connectivity index (χ0) is 26.6. The predicted molar refractivity (Wildman–Crippen MR) is 142 cm³/mol. The third-order valence-corrected chi connectivity index (χ3v) is 7.75. The van der Waals surface area contributed by atoms with Gasteiger partial charge in [-0.1, -0.05) is 19.9 Å². The molecule has 1 N–H and O–H groups in total. The average molecular weight is 521 g/mol. The summed E-state index contributed by atoms with van der Waals surface area (Å²) in [5, 5.41) is 5.36. The fraction of sp³-hybridized carbons (Fsp3) is 0.379. The molecule has 6 nitrogen and oxygen atoms in total. The SMILES string of the molecule is CC(C)c1c(-c2cc(C(F)(F)F)c3nccn3c2)[nH]c2ccc(C3CCN(Cc4cnn(C)c4)CC3)cc12. The molecule has 0 unspecified atom stereocenters. The van der Waals surface area contributed by atoms with Crippen LogP contribution in [0.3, 0.4) is 0 Å². The van der Waals surface area contributed by atoms with E-state index in [1.807, 2.05) is 17.9 Å². The molecular formula is C29H31F3N6. The van der Waals surface area contributed by atoms with E-state index in [0.717, 1.165) is 54.6 Å². The molecule has 1 aliphatic heterocycles. The van der Waals surface area contributed by atoms with E-state index in [0.29, 0.717) is 11.5 Å². The first-order valence-electron chi connectivity index (χ1n) is 13.1. The molecule has 5 heterocycles. The number of halogens is 3. The van der Waals surface area contributed by atoms with Gasteiger partial charge in [-0.25, -0.2) is 4.98 Å². The molecule has 1 aromatic carbocycles. The number of piperidine rings is 1. The maximum absolute atomic E-state index is 13.9. The highest BCUT2D eigenvalue weighted by Crippen LogP contribution is 2.40. The fourth-order valence-electron chi connectivity index (χ4n) is 5.93. The summed E-state index contributed by atoms with van der Waals surface area (Å²) >= 11 is 0. The van der Waals surface area contributed by atoms with Gasteiger partial charge in [-0.2, -0.15) is 18.3 Å². The molecule has 0 bridgehead atoms. The van der Waals surface area contributed by atoms with Gasteiger partial charge in [0.25, 0.3) is 0 Å². The van der Waals surface area contributed by atoms with Crippen molar-refractivity contribution in [3.05, 3.63) is 77.5 Å². The van der Waals surface area contributed by atoms with E-state index in [1.54, 1.807) is 12.4 Å². The Labute approximate surface area is 219 Å². The van der Waals surface area contributed by atoms with Gasteiger partial charge in [0.05, 0.1) is 17.5 Å². The lowest BCUT2D eigenvalue weighted by molar-refractivity contribution is -0.136. The number of nitrogens with one attached hydrogen (secondary N) is 1. The second-order valence-electron chi connectivity index (χ2n) is 10.7. The minimum atomic E-state index is -4.49. The van der Waals surface area contributed by atoms with Crippen LogP contribution in [0.4, 0.5) is 13.2 Å². The predicted octanol–water partition coefficient (Wildman–Crippen LogP) is 6.74. The fourth-order valence-corrected chi connectivity index (χ4v) is 5.93. The summed E-state index contributed by atoms with van der Waals surface area (Å²) in [4.78, 5) is 9.86. The maximum Gasteiger partial charge on any atom is 0.420 e. The minimum Gasteiger partial charge on any atom is -0.354 e. The van der Waals surface area contributed by atoms with Crippen LogP contribution in [0.2, 0.25) is 0 Å². The van der Waals surface area contributed by atoms with Crippen molar-refractivity contribution in [3.63, 3.8) is 0 Å². The van der Waals surface area contributed by atoms with Crippen LogP contribution in [0.25, 0.3) is 27.8 Å². The largest absolute Gasteiger partial charge is 0.420 e. The highest BCUT2D eigenvalue weighted by Gasteiger charge is 2.35. The molecule has 4 aromatic heterocycles. The van der Waals surface area contributed by atoms with Crippen molar-refractivity contribution in [1.29, 1.82) is 0 Å². The number of pyridine rings is 1. The smallest absolute Gasteiger partial charge is 0.354 e. The average Bonchev–Trinajstić information content (AvgIpc) is 3.60. The number of nitrogens with zero attached hydrogens (tertiary/aromatic N) is 5. The van der Waals surface area contributed by atoms with Crippen molar-refractivity contribution >= 4 is 16.6 Å². The Kier molecular flexibility index (Phi) is 6.06. The second-order valence-corrected chi connectivity index (χ2v) is 10.7. The van der Waals surface area contributed by atoms with Crippen molar-refractivity contribution in [2.24, 2.45) is 7.05 Å². The van der Waals surface area contributed by atoms with Crippen molar-refractivity contribution in [1.82, 2.24) is 29.0 Å². The number of rotatable bonds is 5. The maximum atomic E-state index is 13.9. The number of fused-ring (bicyclic) bond motifs is 2. The molecule has 0 saturated carbocycles. The Balaban J connectivity index is 1.32. The molecule has 0 aliphatic carbocycles. The minimum absolute atomic E-state index is 0.0828. The Morgan fingerprint density at radius 1 is 1.11 bits per heavy atom. The van der Waals surface area contributed by atoms with Crippen LogP contribution in [0.15, 0.2) is 55.2 Å². The first kappa shape index (κ1) is 24.7. The van der Waals surface area contributed by atoms with Gasteiger partial charge in [-0.3, -0.25) is 9.58 Å². The zero-order valence-electron chi connectivity index (χ0n) is 21.8. The van der Waals surface area contributed by atoms with Crippen molar-refractivity contribution < 1.29 is 13.2 Å². The summed E-state index contributed by atoms with van der Waals surface area (Å²) < 4.78 is 45.0. The van der Waals surface area contributed by atoms with Crippen LogP contribution in [0, 0.1) is 0 Å². The van der Waals surface area contributed by atoms with E-state index in [-0.39, 0.29) is 11.6 Å². The number of hydrogen-bond donors (Lipinski definition) is 1. The van der Waals surface area contributed by atoms with Gasteiger partial charge in [-0.15, -0.1) is 0 Å². The van der Waals surface area contributed by atoms with Gasteiger partial charge in [0, 0.05) is 60.4 Å². The number of imidazole rings is 1. The Bertz CT molecular complexity index is 1600. The van der Waals surface area contributed by atoms with Gasteiger partial charge in [-0.05, 0) is 67.1 Å². The van der Waals surface area contributed by atoms with Crippen LogP contribution in [0.5, 0.6) is 0 Å². The summed E-state index contributed by atoms with van der Waals surface area (Å²) in [5.41, 5.74) is 4.95. The third-order valence-electron chi connectivity index (χ3n) is 7.75. The molecule has 1 fully saturated rings. The quantitative estimate of drug-likeness (QED) is 0.279. The molecule has 38 heavy (non-hydrogen) atoms. The second kappa shape index (κ2) is 9.31. The lowest BCUT2D eigenvalue weighted by Crippen LogP contribution is -2.32. The van der Waals surface area contributed by atoms with E-state index in [4.69, 9.17) is 0 Å². The normalized spacial score (nSPS) is 15.9. The first-order valence-corrected chi connectivity index (χ1v) is 13.1. The first-order chi connectivity index (χ1) is 18.2. The molecule has 9 heteroatoms. The monoisotopic (exact) mass is 520 g/mol. The molecule has 0 atom stereocenters. The number of hydrogen-bond acceptors (Lipinski definition) is 3. The molecular weight excluding hydrogens is 489 g/mol. The highest BCUT2D eigenvalue weighted by atomic mass is 19.4. The molecule has 0 radical (unpaired) electrons. The number of benzene rings is 1. The number of aromatic amines is 1. The number of H-pyrrole nitrogens is 1. The molecule has 198 valence electrons. The van der Waals surface area contributed by atoms with Crippen molar-refractivity contribution in [2.75, 3.05) is 13.1 Å². The van der Waals surface area contributed by atoms with Gasteiger partial charge in [0.15, 0.2) is 0 Å². The molecule has 1 aliphatic rings.